The fourth-order valence-corrected chi connectivity index (χ4v) is 2.91. The molecule has 2 aromatic rings. The molecule has 0 bridgehead atoms. The number of ether oxygens (including phenoxy) is 1. The van der Waals surface area contributed by atoms with E-state index in [1.807, 2.05) is 36.6 Å². The Bertz CT molecular complexity index is 695. The van der Waals surface area contributed by atoms with E-state index in [4.69, 9.17) is 4.74 Å². The highest BCUT2D eigenvalue weighted by atomic mass is 32.1. The van der Waals surface area contributed by atoms with E-state index in [0.29, 0.717) is 23.5 Å². The first kappa shape index (κ1) is 13.6. The molecule has 0 aliphatic carbocycles. The van der Waals surface area contributed by atoms with Gasteiger partial charge in [-0.3, -0.25) is 9.59 Å². The molecule has 0 fully saturated rings. The van der Waals surface area contributed by atoms with Crippen LogP contribution in [-0.2, 0) is 16.0 Å². The number of benzene rings is 1. The monoisotopic (exact) mass is 302 g/mol. The van der Waals surface area contributed by atoms with Crippen LogP contribution in [0.15, 0.2) is 29.6 Å². The molecule has 2 heterocycles. The molecule has 1 aliphatic heterocycles. The molecule has 0 atom stereocenters. The molecule has 0 radical (unpaired) electrons. The Morgan fingerprint density at radius 3 is 3.10 bits per heavy atom. The van der Waals surface area contributed by atoms with Crippen molar-refractivity contribution in [3.63, 3.8) is 0 Å². The van der Waals surface area contributed by atoms with Gasteiger partial charge in [0.2, 0.25) is 5.91 Å². The zero-order valence-electron chi connectivity index (χ0n) is 11.4. The zero-order valence-corrected chi connectivity index (χ0v) is 12.3. The van der Waals surface area contributed by atoms with Gasteiger partial charge < -0.3 is 15.4 Å². The van der Waals surface area contributed by atoms with Crippen LogP contribution in [0.3, 0.4) is 0 Å². The fraction of sp³-hybridized carbons (Fsp3) is 0.200. The lowest BCUT2D eigenvalue weighted by molar-refractivity contribution is -0.118. The summed E-state index contributed by atoms with van der Waals surface area (Å²) in [7, 11) is 0. The summed E-state index contributed by atoms with van der Waals surface area (Å²) in [6, 6.07) is 7.50. The van der Waals surface area contributed by atoms with E-state index in [-0.39, 0.29) is 18.4 Å². The quantitative estimate of drug-likeness (QED) is 0.915. The number of aryl methyl sites for hydroxylation is 1. The minimum atomic E-state index is -0.191. The number of thiophene rings is 1. The highest BCUT2D eigenvalue weighted by Gasteiger charge is 2.21. The lowest BCUT2D eigenvalue weighted by atomic mass is 10.1. The second-order valence-corrected chi connectivity index (χ2v) is 5.86. The van der Waals surface area contributed by atoms with Crippen molar-refractivity contribution in [1.82, 2.24) is 0 Å². The van der Waals surface area contributed by atoms with Crippen molar-refractivity contribution < 1.29 is 14.3 Å². The summed E-state index contributed by atoms with van der Waals surface area (Å²) < 4.78 is 5.43. The van der Waals surface area contributed by atoms with Gasteiger partial charge in [-0.15, -0.1) is 11.3 Å². The van der Waals surface area contributed by atoms with E-state index < -0.39 is 0 Å². The van der Waals surface area contributed by atoms with Crippen molar-refractivity contribution in [2.24, 2.45) is 0 Å². The average Bonchev–Trinajstić information content (AvgIpc) is 2.90. The van der Waals surface area contributed by atoms with Crippen LogP contribution >= 0.6 is 11.3 Å². The number of anilines is 2. The molecular weight excluding hydrogens is 288 g/mol. The van der Waals surface area contributed by atoms with Crippen molar-refractivity contribution in [2.75, 3.05) is 17.2 Å². The first-order chi connectivity index (χ1) is 10.1. The van der Waals surface area contributed by atoms with Crippen LogP contribution in [0.5, 0.6) is 5.75 Å². The summed E-state index contributed by atoms with van der Waals surface area (Å²) in [6.45, 7) is 1.86. The van der Waals surface area contributed by atoms with Gasteiger partial charge in [0.25, 0.3) is 5.91 Å². The van der Waals surface area contributed by atoms with Crippen LogP contribution in [0.25, 0.3) is 0 Å². The average molecular weight is 302 g/mol. The Balaban J connectivity index is 1.82. The van der Waals surface area contributed by atoms with E-state index in [1.54, 1.807) is 11.3 Å². The summed E-state index contributed by atoms with van der Waals surface area (Å²) >= 11 is 1.54. The highest BCUT2D eigenvalue weighted by Crippen LogP contribution is 2.37. The Hall–Kier alpha value is -2.34. The Morgan fingerprint density at radius 1 is 1.48 bits per heavy atom. The van der Waals surface area contributed by atoms with Gasteiger partial charge >= 0.3 is 0 Å². The normalized spacial score (nSPS) is 13.1. The summed E-state index contributed by atoms with van der Waals surface area (Å²) in [5.74, 6) is 0.217. The molecule has 2 amide bonds. The first-order valence-electron chi connectivity index (χ1n) is 6.51. The number of amides is 2. The van der Waals surface area contributed by atoms with Gasteiger partial charge in [0.1, 0.15) is 0 Å². The maximum Gasteiger partial charge on any atom is 0.262 e. The topological polar surface area (TPSA) is 67.4 Å². The van der Waals surface area contributed by atoms with Crippen LogP contribution in [0.2, 0.25) is 0 Å². The minimum Gasteiger partial charge on any atom is -0.479 e. The highest BCUT2D eigenvalue weighted by molar-refractivity contribution is 7.10. The summed E-state index contributed by atoms with van der Waals surface area (Å²) in [5, 5.41) is 7.54. The van der Waals surface area contributed by atoms with Gasteiger partial charge in [-0.25, -0.2) is 0 Å². The largest absolute Gasteiger partial charge is 0.479 e. The molecule has 3 rings (SSSR count). The Labute approximate surface area is 125 Å². The third-order valence-electron chi connectivity index (χ3n) is 3.04. The molecule has 0 saturated carbocycles. The van der Waals surface area contributed by atoms with Crippen LogP contribution in [-0.4, -0.2) is 18.4 Å². The number of rotatable bonds is 3. The van der Waals surface area contributed by atoms with Crippen molar-refractivity contribution in [2.45, 2.75) is 13.3 Å². The van der Waals surface area contributed by atoms with Gasteiger partial charge in [-0.2, -0.15) is 0 Å². The second-order valence-electron chi connectivity index (χ2n) is 4.83. The lowest BCUT2D eigenvalue weighted by Gasteiger charge is -2.21. The van der Waals surface area contributed by atoms with Crippen LogP contribution in [0, 0.1) is 6.92 Å². The van der Waals surface area contributed by atoms with Crippen LogP contribution in [0.1, 0.15) is 10.4 Å². The predicted molar refractivity (Wildman–Crippen MR) is 82.0 cm³/mol. The molecule has 0 saturated heterocycles. The maximum absolute atomic E-state index is 12.1. The molecule has 0 unspecified atom stereocenters. The fourth-order valence-electron chi connectivity index (χ4n) is 2.20. The number of carbonyl (C=O) groups is 2. The predicted octanol–water partition coefficient (Wildman–Crippen LogP) is 2.57. The van der Waals surface area contributed by atoms with E-state index in [0.717, 1.165) is 10.4 Å². The molecular formula is C15H14N2O3S. The van der Waals surface area contributed by atoms with Crippen molar-refractivity contribution in [1.29, 1.82) is 0 Å². The number of carbonyl (C=O) groups excluding carboxylic acids is 2. The smallest absolute Gasteiger partial charge is 0.262 e. The van der Waals surface area contributed by atoms with Crippen molar-refractivity contribution >= 4 is 34.5 Å². The molecule has 2 N–H and O–H groups in total. The van der Waals surface area contributed by atoms with Crippen LogP contribution in [0.4, 0.5) is 11.4 Å². The number of hydrogen-bond donors (Lipinski definition) is 2. The van der Waals surface area contributed by atoms with E-state index in [2.05, 4.69) is 10.6 Å². The number of nitrogens with one attached hydrogen (secondary N) is 2. The molecule has 21 heavy (non-hydrogen) atoms. The van der Waals surface area contributed by atoms with Gasteiger partial charge in [0.15, 0.2) is 12.4 Å². The van der Waals surface area contributed by atoms with E-state index >= 15 is 0 Å². The van der Waals surface area contributed by atoms with Crippen LogP contribution < -0.4 is 15.4 Å². The number of fused-ring (bicyclic) bond motifs is 1. The second kappa shape index (κ2) is 5.57. The van der Waals surface area contributed by atoms with Gasteiger partial charge in [-0.05, 0) is 36.1 Å². The van der Waals surface area contributed by atoms with Crippen molar-refractivity contribution in [3.8, 4) is 5.75 Å². The molecule has 0 spiro atoms. The lowest BCUT2D eigenvalue weighted by Crippen LogP contribution is -2.26. The molecule has 108 valence electrons. The standard InChI is InChI=1S/C15H14N2O3S/c1-9-5-11(15-12(6-9)17-14(19)8-20-15)16-13(18)7-10-3-2-4-21-10/h2-6H,7-8H2,1H3,(H,16,18)(H,17,19). The molecule has 5 nitrogen and oxygen atoms in total. The molecule has 6 heteroatoms. The Morgan fingerprint density at radius 2 is 2.33 bits per heavy atom. The van der Waals surface area contributed by atoms with Gasteiger partial charge in [0.05, 0.1) is 17.8 Å². The maximum atomic E-state index is 12.1. The van der Waals surface area contributed by atoms with Gasteiger partial charge in [0, 0.05) is 4.88 Å². The number of hydrogen-bond acceptors (Lipinski definition) is 4. The van der Waals surface area contributed by atoms with Gasteiger partial charge in [-0.1, -0.05) is 6.07 Å². The summed E-state index contributed by atoms with van der Waals surface area (Å²) in [5.41, 5.74) is 2.12. The molecule has 1 aromatic carbocycles. The third-order valence-corrected chi connectivity index (χ3v) is 3.92. The SMILES string of the molecule is Cc1cc2c(c(NC(=O)Cc3cccs3)c1)OCC(=O)N2. The van der Waals surface area contributed by atoms with E-state index in [9.17, 15) is 9.59 Å². The van der Waals surface area contributed by atoms with E-state index in [1.165, 1.54) is 0 Å². The van der Waals surface area contributed by atoms with Crippen molar-refractivity contribution in [3.05, 3.63) is 40.1 Å². The zero-order chi connectivity index (χ0) is 14.8. The minimum absolute atomic E-state index is 0.0378. The molecule has 1 aromatic heterocycles. The third kappa shape index (κ3) is 3.05. The summed E-state index contributed by atoms with van der Waals surface area (Å²) in [6.07, 6.45) is 0.326. The Kier molecular flexibility index (Phi) is 3.62. The molecule has 1 aliphatic rings. The summed E-state index contributed by atoms with van der Waals surface area (Å²) in [4.78, 5) is 24.5. The first-order valence-corrected chi connectivity index (χ1v) is 7.39.